The summed E-state index contributed by atoms with van der Waals surface area (Å²) in [5.41, 5.74) is 1.39. The first-order valence-corrected chi connectivity index (χ1v) is 4.94. The second-order valence-electron chi connectivity index (χ2n) is 3.78. The van der Waals surface area contributed by atoms with Gasteiger partial charge in [-0.2, -0.15) is 0 Å². The molecular weight excluding hydrogens is 162 g/mol. The first-order valence-electron chi connectivity index (χ1n) is 4.94. The van der Waals surface area contributed by atoms with Crippen molar-refractivity contribution in [3.05, 3.63) is 29.8 Å². The number of ether oxygens (including phenoxy) is 1. The van der Waals surface area contributed by atoms with Crippen LogP contribution in [-0.2, 0) is 0 Å². The molecule has 1 saturated heterocycles. The molecule has 0 aliphatic carbocycles. The summed E-state index contributed by atoms with van der Waals surface area (Å²) in [7, 11) is 0. The normalized spacial score (nSPS) is 30.5. The number of rotatable bonds is 0. The number of benzene rings is 1. The van der Waals surface area contributed by atoms with Gasteiger partial charge in [-0.25, -0.2) is 0 Å². The van der Waals surface area contributed by atoms with E-state index < -0.39 is 0 Å². The SMILES string of the molecule is c1ccc2c(c1)OC1NCCCC21. The molecule has 1 aromatic rings. The van der Waals surface area contributed by atoms with Gasteiger partial charge in [0.1, 0.15) is 5.75 Å². The van der Waals surface area contributed by atoms with Crippen molar-refractivity contribution in [3.8, 4) is 5.75 Å². The van der Waals surface area contributed by atoms with Crippen LogP contribution < -0.4 is 10.1 Å². The first kappa shape index (κ1) is 7.39. The molecule has 2 aliphatic heterocycles. The Morgan fingerprint density at radius 1 is 1.31 bits per heavy atom. The molecule has 2 heterocycles. The Balaban J connectivity index is 2.01. The minimum absolute atomic E-state index is 0.242. The fourth-order valence-electron chi connectivity index (χ4n) is 2.33. The molecule has 68 valence electrons. The van der Waals surface area contributed by atoms with Gasteiger partial charge < -0.3 is 4.74 Å². The van der Waals surface area contributed by atoms with Crippen LogP contribution in [-0.4, -0.2) is 12.8 Å². The monoisotopic (exact) mass is 175 g/mol. The highest BCUT2D eigenvalue weighted by molar-refractivity contribution is 5.41. The molecule has 13 heavy (non-hydrogen) atoms. The first-order chi connectivity index (χ1) is 6.45. The second kappa shape index (κ2) is 2.74. The van der Waals surface area contributed by atoms with Gasteiger partial charge in [-0.15, -0.1) is 0 Å². The van der Waals surface area contributed by atoms with Crippen LogP contribution in [0.25, 0.3) is 0 Å². The highest BCUT2D eigenvalue weighted by Gasteiger charge is 2.35. The Hall–Kier alpha value is -1.02. The van der Waals surface area contributed by atoms with E-state index >= 15 is 0 Å². The van der Waals surface area contributed by atoms with Crippen molar-refractivity contribution in [2.24, 2.45) is 0 Å². The van der Waals surface area contributed by atoms with E-state index in [4.69, 9.17) is 4.74 Å². The van der Waals surface area contributed by atoms with Crippen LogP contribution in [0.5, 0.6) is 5.75 Å². The lowest BCUT2D eigenvalue weighted by Gasteiger charge is -2.25. The van der Waals surface area contributed by atoms with Crippen LogP contribution >= 0.6 is 0 Å². The van der Waals surface area contributed by atoms with E-state index in [9.17, 15) is 0 Å². The fourth-order valence-corrected chi connectivity index (χ4v) is 2.33. The molecule has 3 rings (SSSR count). The van der Waals surface area contributed by atoms with Gasteiger partial charge in [0, 0.05) is 11.5 Å². The zero-order valence-electron chi connectivity index (χ0n) is 7.49. The maximum atomic E-state index is 5.80. The molecule has 2 atom stereocenters. The van der Waals surface area contributed by atoms with Crippen molar-refractivity contribution in [2.45, 2.75) is 25.0 Å². The van der Waals surface area contributed by atoms with Gasteiger partial charge in [-0.05, 0) is 25.5 Å². The van der Waals surface area contributed by atoms with E-state index in [0.29, 0.717) is 5.92 Å². The Bertz CT molecular complexity index is 324. The maximum absolute atomic E-state index is 5.80. The zero-order valence-corrected chi connectivity index (χ0v) is 7.49. The van der Waals surface area contributed by atoms with Crippen molar-refractivity contribution in [3.63, 3.8) is 0 Å². The molecule has 1 N–H and O–H groups in total. The standard InChI is InChI=1S/C11H13NO/c1-2-6-10-8(4-1)9-5-3-7-12-11(9)13-10/h1-2,4,6,9,11-12H,3,5,7H2. The van der Waals surface area contributed by atoms with Crippen LogP contribution in [0.4, 0.5) is 0 Å². The van der Waals surface area contributed by atoms with Gasteiger partial charge in [0.2, 0.25) is 0 Å². The largest absolute Gasteiger partial charge is 0.474 e. The number of hydrogen-bond acceptors (Lipinski definition) is 2. The molecule has 2 unspecified atom stereocenters. The summed E-state index contributed by atoms with van der Waals surface area (Å²) in [4.78, 5) is 0. The number of hydrogen-bond donors (Lipinski definition) is 1. The molecule has 0 spiro atoms. The quantitative estimate of drug-likeness (QED) is 0.650. The van der Waals surface area contributed by atoms with Gasteiger partial charge in [0.05, 0.1) is 0 Å². The maximum Gasteiger partial charge on any atom is 0.157 e. The van der Waals surface area contributed by atoms with E-state index in [1.54, 1.807) is 0 Å². The number of nitrogens with one attached hydrogen (secondary N) is 1. The minimum atomic E-state index is 0.242. The molecule has 2 nitrogen and oxygen atoms in total. The molecule has 0 saturated carbocycles. The molecule has 0 radical (unpaired) electrons. The Kier molecular flexibility index (Phi) is 1.56. The summed E-state index contributed by atoms with van der Waals surface area (Å²) in [5.74, 6) is 1.66. The van der Waals surface area contributed by atoms with Crippen molar-refractivity contribution in [2.75, 3.05) is 6.54 Å². The zero-order chi connectivity index (χ0) is 8.67. The number of fused-ring (bicyclic) bond motifs is 3. The van der Waals surface area contributed by atoms with Crippen molar-refractivity contribution in [1.82, 2.24) is 5.32 Å². The van der Waals surface area contributed by atoms with Crippen LogP contribution in [0.3, 0.4) is 0 Å². The summed E-state index contributed by atoms with van der Waals surface area (Å²) in [6, 6.07) is 8.39. The minimum Gasteiger partial charge on any atom is -0.474 e. The lowest BCUT2D eigenvalue weighted by Crippen LogP contribution is -2.40. The third-order valence-corrected chi connectivity index (χ3v) is 2.98. The Labute approximate surface area is 77.9 Å². The lowest BCUT2D eigenvalue weighted by molar-refractivity contribution is 0.141. The molecule has 2 aliphatic rings. The molecule has 1 fully saturated rings. The van der Waals surface area contributed by atoms with Crippen LogP contribution in [0.1, 0.15) is 24.3 Å². The average molecular weight is 175 g/mol. The molecule has 2 heteroatoms. The summed E-state index contributed by atoms with van der Waals surface area (Å²) >= 11 is 0. The van der Waals surface area contributed by atoms with E-state index in [1.165, 1.54) is 18.4 Å². The smallest absolute Gasteiger partial charge is 0.157 e. The topological polar surface area (TPSA) is 21.3 Å². The van der Waals surface area contributed by atoms with Crippen LogP contribution in [0.15, 0.2) is 24.3 Å². The fraction of sp³-hybridized carbons (Fsp3) is 0.455. The summed E-state index contributed by atoms with van der Waals surface area (Å²) in [6.07, 6.45) is 2.76. The third-order valence-electron chi connectivity index (χ3n) is 2.98. The van der Waals surface area contributed by atoms with Gasteiger partial charge in [-0.1, -0.05) is 18.2 Å². The molecular formula is C11H13NO. The van der Waals surface area contributed by atoms with Crippen molar-refractivity contribution >= 4 is 0 Å². The lowest BCUT2D eigenvalue weighted by atomic mass is 9.92. The molecule has 0 bridgehead atoms. The van der Waals surface area contributed by atoms with Gasteiger partial charge in [0.25, 0.3) is 0 Å². The van der Waals surface area contributed by atoms with Crippen molar-refractivity contribution < 1.29 is 4.74 Å². The van der Waals surface area contributed by atoms with Crippen LogP contribution in [0.2, 0.25) is 0 Å². The van der Waals surface area contributed by atoms with E-state index in [1.807, 2.05) is 6.07 Å². The Morgan fingerprint density at radius 3 is 3.23 bits per heavy atom. The predicted octanol–water partition coefficient (Wildman–Crippen LogP) is 1.87. The van der Waals surface area contributed by atoms with Gasteiger partial charge in [0.15, 0.2) is 6.23 Å². The van der Waals surface area contributed by atoms with Gasteiger partial charge in [-0.3, -0.25) is 5.32 Å². The molecule has 0 aromatic heterocycles. The van der Waals surface area contributed by atoms with Gasteiger partial charge >= 0.3 is 0 Å². The third kappa shape index (κ3) is 1.05. The van der Waals surface area contributed by atoms with Crippen molar-refractivity contribution in [1.29, 1.82) is 0 Å². The van der Waals surface area contributed by atoms with E-state index in [0.717, 1.165) is 12.3 Å². The highest BCUT2D eigenvalue weighted by atomic mass is 16.5. The Morgan fingerprint density at radius 2 is 2.23 bits per heavy atom. The number of para-hydroxylation sites is 1. The summed E-state index contributed by atoms with van der Waals surface area (Å²) in [5, 5.41) is 3.41. The summed E-state index contributed by atoms with van der Waals surface area (Å²) in [6.45, 7) is 1.09. The highest BCUT2D eigenvalue weighted by Crippen LogP contribution is 2.40. The summed E-state index contributed by atoms with van der Waals surface area (Å²) < 4.78 is 5.80. The van der Waals surface area contributed by atoms with Crippen LogP contribution in [0, 0.1) is 0 Å². The van der Waals surface area contributed by atoms with E-state index in [2.05, 4.69) is 23.5 Å². The number of piperidine rings is 1. The predicted molar refractivity (Wildman–Crippen MR) is 50.8 cm³/mol. The second-order valence-corrected chi connectivity index (χ2v) is 3.78. The average Bonchev–Trinajstić information content (AvgIpc) is 2.56. The molecule has 0 amide bonds. The molecule has 1 aromatic carbocycles. The van der Waals surface area contributed by atoms with E-state index in [-0.39, 0.29) is 6.23 Å².